The van der Waals surface area contributed by atoms with E-state index in [9.17, 15) is 4.39 Å². The highest BCUT2D eigenvalue weighted by Gasteiger charge is 2.27. The van der Waals surface area contributed by atoms with Crippen LogP contribution >= 0.6 is 0 Å². The molecule has 0 bridgehead atoms. The number of hydrogen-bond donors (Lipinski definition) is 0. The van der Waals surface area contributed by atoms with Crippen LogP contribution in [0.15, 0.2) is 42.9 Å². The van der Waals surface area contributed by atoms with Crippen molar-refractivity contribution < 1.29 is 13.9 Å². The Bertz CT molecular complexity index is 1380. The van der Waals surface area contributed by atoms with Crippen molar-refractivity contribution in [2.24, 2.45) is 0 Å². The van der Waals surface area contributed by atoms with Crippen LogP contribution in [0.5, 0.6) is 5.88 Å². The van der Waals surface area contributed by atoms with Gasteiger partial charge in [-0.15, -0.1) is 0 Å². The van der Waals surface area contributed by atoms with Crippen molar-refractivity contribution in [1.29, 1.82) is 0 Å². The molecule has 0 fully saturated rings. The van der Waals surface area contributed by atoms with Crippen molar-refractivity contribution in [3.63, 3.8) is 0 Å². The normalized spacial score (nSPS) is 15.5. The van der Waals surface area contributed by atoms with Crippen molar-refractivity contribution in [1.82, 2.24) is 29.3 Å². The molecule has 0 saturated heterocycles. The predicted molar refractivity (Wildman–Crippen MR) is 130 cm³/mol. The third-order valence-corrected chi connectivity index (χ3v) is 6.12. The Morgan fingerprint density at radius 1 is 1.14 bits per heavy atom. The minimum atomic E-state index is -0.265. The molecule has 0 unspecified atom stereocenters. The Morgan fingerprint density at radius 2 is 2.03 bits per heavy atom. The molecule has 35 heavy (non-hydrogen) atoms. The van der Waals surface area contributed by atoms with Gasteiger partial charge in [0, 0.05) is 25.8 Å². The van der Waals surface area contributed by atoms with Crippen LogP contribution in [0.4, 0.5) is 4.39 Å². The van der Waals surface area contributed by atoms with Gasteiger partial charge >= 0.3 is 0 Å². The summed E-state index contributed by atoms with van der Waals surface area (Å²) in [5, 5.41) is 4.69. The van der Waals surface area contributed by atoms with E-state index in [0.29, 0.717) is 18.3 Å². The van der Waals surface area contributed by atoms with Gasteiger partial charge in [-0.05, 0) is 67.3 Å². The van der Waals surface area contributed by atoms with E-state index in [1.807, 2.05) is 52.7 Å². The zero-order valence-electron chi connectivity index (χ0n) is 20.0. The number of aryl methyl sites for hydroxylation is 2. The number of imidazole rings is 1. The zero-order chi connectivity index (χ0) is 24.4. The Labute approximate surface area is 203 Å². The van der Waals surface area contributed by atoms with Crippen LogP contribution in [-0.4, -0.2) is 43.5 Å². The zero-order valence-corrected chi connectivity index (χ0v) is 20.0. The van der Waals surface area contributed by atoms with E-state index < -0.39 is 0 Å². The summed E-state index contributed by atoms with van der Waals surface area (Å²) < 4.78 is 28.5. The van der Waals surface area contributed by atoms with Crippen LogP contribution in [0.1, 0.15) is 52.9 Å². The second-order valence-electron chi connectivity index (χ2n) is 8.54. The highest BCUT2D eigenvalue weighted by atomic mass is 19.1. The van der Waals surface area contributed by atoms with Gasteiger partial charge < -0.3 is 14.0 Å². The summed E-state index contributed by atoms with van der Waals surface area (Å²) in [5.74, 6) is 1.77. The summed E-state index contributed by atoms with van der Waals surface area (Å²) in [5.41, 5.74) is 4.34. The first-order valence-corrected chi connectivity index (χ1v) is 11.5. The highest BCUT2D eigenvalue weighted by molar-refractivity contribution is 5.65. The molecule has 1 aliphatic rings. The van der Waals surface area contributed by atoms with Gasteiger partial charge in [0.05, 0.1) is 31.4 Å². The largest absolute Gasteiger partial charge is 0.479 e. The second kappa shape index (κ2) is 9.79. The average Bonchev–Trinajstić information content (AvgIpc) is 3.49. The van der Waals surface area contributed by atoms with Crippen LogP contribution in [0.3, 0.4) is 0 Å². The second-order valence-corrected chi connectivity index (χ2v) is 8.54. The molecule has 4 aromatic rings. The maximum atomic E-state index is 13.9. The number of fused-ring (bicyclic) bond motifs is 1. The molecule has 180 valence electrons. The van der Waals surface area contributed by atoms with Gasteiger partial charge in [-0.3, -0.25) is 0 Å². The lowest BCUT2D eigenvalue weighted by Gasteiger charge is -2.24. The quantitative estimate of drug-likeness (QED) is 0.391. The van der Waals surface area contributed by atoms with Crippen LogP contribution in [0.2, 0.25) is 0 Å². The van der Waals surface area contributed by atoms with Crippen molar-refractivity contribution in [2.45, 2.75) is 38.8 Å². The molecule has 4 heterocycles. The van der Waals surface area contributed by atoms with Gasteiger partial charge in [0.1, 0.15) is 17.3 Å². The highest BCUT2D eigenvalue weighted by Crippen LogP contribution is 2.35. The fourth-order valence-electron chi connectivity index (χ4n) is 4.53. The molecule has 0 saturated carbocycles. The summed E-state index contributed by atoms with van der Waals surface area (Å²) in [6, 6.07) is 8.74. The Hall–Kier alpha value is -3.85. The molecule has 9 heteroatoms. The number of halogens is 1. The molecule has 1 aromatic carbocycles. The molecule has 0 N–H and O–H groups in total. The predicted octanol–water partition coefficient (Wildman–Crippen LogP) is 4.56. The molecule has 1 atom stereocenters. The molecular formula is C26H27FN6O2. The van der Waals surface area contributed by atoms with Crippen LogP contribution in [-0.2, 0) is 17.9 Å². The lowest BCUT2D eigenvalue weighted by atomic mass is 9.88. The van der Waals surface area contributed by atoms with Gasteiger partial charge in [0.25, 0.3) is 0 Å². The number of ether oxygens (including phenoxy) is 2. The average molecular weight is 475 g/mol. The Morgan fingerprint density at radius 3 is 2.80 bits per heavy atom. The first-order valence-electron chi connectivity index (χ1n) is 11.5. The van der Waals surface area contributed by atoms with Crippen molar-refractivity contribution in [3.8, 4) is 11.6 Å². The number of nitrogens with zero attached hydrogens (tertiary/aromatic N) is 6. The molecule has 0 radical (unpaired) electrons. The monoisotopic (exact) mass is 474 g/mol. The Balaban J connectivity index is 1.42. The molecule has 8 nitrogen and oxygen atoms in total. The molecule has 0 aliphatic carbocycles. The minimum Gasteiger partial charge on any atom is -0.479 e. The topological polar surface area (TPSA) is 79.9 Å². The van der Waals surface area contributed by atoms with E-state index in [-0.39, 0.29) is 11.7 Å². The van der Waals surface area contributed by atoms with Gasteiger partial charge in [-0.1, -0.05) is 6.07 Å². The lowest BCUT2D eigenvalue weighted by molar-refractivity contribution is 0.183. The van der Waals surface area contributed by atoms with Gasteiger partial charge in [-0.2, -0.15) is 5.10 Å². The minimum absolute atomic E-state index is 0.0419. The third-order valence-electron chi connectivity index (χ3n) is 6.12. The summed E-state index contributed by atoms with van der Waals surface area (Å²) in [7, 11) is 3.22. The molecule has 0 amide bonds. The summed E-state index contributed by atoms with van der Waals surface area (Å²) in [6.07, 6.45) is 9.28. The number of hydrogen-bond acceptors (Lipinski definition) is 6. The third kappa shape index (κ3) is 4.72. The van der Waals surface area contributed by atoms with Gasteiger partial charge in [0.15, 0.2) is 5.82 Å². The van der Waals surface area contributed by atoms with Gasteiger partial charge in [-0.25, -0.2) is 24.0 Å². The lowest BCUT2D eigenvalue weighted by Crippen LogP contribution is -2.19. The molecule has 5 rings (SSSR count). The first kappa shape index (κ1) is 22.9. The van der Waals surface area contributed by atoms with Crippen molar-refractivity contribution >= 4 is 12.2 Å². The fraction of sp³-hybridized carbons (Fsp3) is 0.308. The van der Waals surface area contributed by atoms with E-state index >= 15 is 0 Å². The van der Waals surface area contributed by atoms with E-state index in [0.717, 1.165) is 53.4 Å². The summed E-state index contributed by atoms with van der Waals surface area (Å²) in [4.78, 5) is 13.7. The van der Waals surface area contributed by atoms with Crippen molar-refractivity contribution in [3.05, 3.63) is 82.8 Å². The maximum Gasteiger partial charge on any atom is 0.238 e. The molecular weight excluding hydrogens is 447 g/mol. The van der Waals surface area contributed by atoms with Crippen LogP contribution in [0.25, 0.3) is 17.8 Å². The summed E-state index contributed by atoms with van der Waals surface area (Å²) in [6.45, 7) is 3.09. The number of benzene rings is 1. The summed E-state index contributed by atoms with van der Waals surface area (Å²) >= 11 is 0. The van der Waals surface area contributed by atoms with E-state index in [4.69, 9.17) is 14.5 Å². The van der Waals surface area contributed by atoms with Crippen LogP contribution in [0, 0.1) is 12.7 Å². The fourth-order valence-corrected chi connectivity index (χ4v) is 4.53. The van der Waals surface area contributed by atoms with Crippen LogP contribution < -0.4 is 4.74 Å². The van der Waals surface area contributed by atoms with Gasteiger partial charge in [0.2, 0.25) is 5.88 Å². The molecule has 0 spiro atoms. The standard InChI is InChI=1S/C26H27FN6O2/c1-17-14-32(16-28-17)23-10-7-20(29-26(23)35-3)8-11-24-30-25-22(5-4-12-33(25)31-24)21-9-6-19(27)13-18(21)15-34-2/h6-11,13-14,16,22H,4-5,12,15H2,1-3H3/b11-8+/t22-/m0/s1. The smallest absolute Gasteiger partial charge is 0.238 e. The van der Waals surface area contributed by atoms with E-state index in [1.165, 1.54) is 6.07 Å². The number of aromatic nitrogens is 6. The number of pyridine rings is 1. The van der Waals surface area contributed by atoms with E-state index in [1.54, 1.807) is 26.6 Å². The number of methoxy groups -OCH3 is 2. The first-order chi connectivity index (χ1) is 17.1. The van der Waals surface area contributed by atoms with E-state index in [2.05, 4.69) is 15.1 Å². The SMILES string of the molecule is COCc1cc(F)ccc1[C@@H]1CCCn2nc(/C=C/c3ccc(-n4cnc(C)c4)c(OC)n3)nc21. The van der Waals surface area contributed by atoms with Crippen molar-refractivity contribution in [2.75, 3.05) is 14.2 Å². The molecule has 3 aromatic heterocycles. The number of rotatable bonds is 7. The Kier molecular flexibility index (Phi) is 6.41. The molecule has 1 aliphatic heterocycles. The maximum absolute atomic E-state index is 13.9.